The molecule has 1 aliphatic heterocycles. The van der Waals surface area contributed by atoms with Crippen LogP contribution in [0, 0.1) is 0 Å². The van der Waals surface area contributed by atoms with E-state index in [0.29, 0.717) is 54.9 Å². The van der Waals surface area contributed by atoms with Crippen LogP contribution in [-0.4, -0.2) is 52.7 Å². The molecule has 2 aromatic carbocycles. The Morgan fingerprint density at radius 1 is 0.949 bits per heavy atom. The maximum absolute atomic E-state index is 13.9. The lowest BCUT2D eigenvalue weighted by atomic mass is 9.95. The van der Waals surface area contributed by atoms with Gasteiger partial charge >= 0.3 is 5.97 Å². The van der Waals surface area contributed by atoms with Gasteiger partial charge in [-0.3, -0.25) is 9.36 Å². The molecule has 0 N–H and O–H groups in total. The van der Waals surface area contributed by atoms with Crippen molar-refractivity contribution >= 4 is 23.4 Å². The van der Waals surface area contributed by atoms with Crippen LogP contribution < -0.4 is 38.6 Å². The second kappa shape index (κ2) is 11.6. The fraction of sp³-hybridized carbons (Fsp3) is 0.321. The third-order valence-corrected chi connectivity index (χ3v) is 7.21. The topological polar surface area (TPSA) is 107 Å². The molecule has 0 spiro atoms. The summed E-state index contributed by atoms with van der Waals surface area (Å²) in [6, 6.07) is 7.99. The summed E-state index contributed by atoms with van der Waals surface area (Å²) < 4.78 is 34.5. The van der Waals surface area contributed by atoms with E-state index in [2.05, 4.69) is 4.99 Å². The number of nitrogens with zero attached hydrogens (tertiary/aromatic N) is 2. The number of methoxy groups -OCH3 is 5. The number of allylic oxidation sites excluding steroid dienone is 1. The number of aromatic nitrogens is 1. The molecule has 3 aromatic rings. The molecule has 1 atom stereocenters. The van der Waals surface area contributed by atoms with Gasteiger partial charge in [-0.25, -0.2) is 9.79 Å². The average Bonchev–Trinajstić information content (AvgIpc) is 3.24. The van der Waals surface area contributed by atoms with E-state index in [1.807, 2.05) is 0 Å². The highest BCUT2D eigenvalue weighted by atomic mass is 32.1. The first-order valence-corrected chi connectivity index (χ1v) is 12.8. The van der Waals surface area contributed by atoms with Crippen LogP contribution in [0.3, 0.4) is 0 Å². The standard InChI is InChI=1S/C28H30N2O8S/c1-8-38-27(32)23-15(2)29-28-30(24(23)17-9-10-18(33-3)19(14-17)34-4)26(31)22(39-28)13-16-11-20(35-5)25(37-7)21(12-16)36-6/h9-14,24H,8H2,1-7H3/b22-13+/t24-/m0/s1. The van der Waals surface area contributed by atoms with E-state index in [1.54, 1.807) is 50.3 Å². The molecule has 4 rings (SSSR count). The molecule has 0 unspecified atom stereocenters. The van der Waals surface area contributed by atoms with Gasteiger partial charge in [0.2, 0.25) is 5.75 Å². The van der Waals surface area contributed by atoms with Crippen LogP contribution in [-0.2, 0) is 9.53 Å². The zero-order valence-electron chi connectivity index (χ0n) is 22.8. The van der Waals surface area contributed by atoms with Crippen molar-refractivity contribution < 1.29 is 33.2 Å². The summed E-state index contributed by atoms with van der Waals surface area (Å²) >= 11 is 1.21. The zero-order chi connectivity index (χ0) is 28.3. The molecule has 0 saturated heterocycles. The number of esters is 1. The number of carbonyl (C=O) groups is 1. The predicted octanol–water partition coefficient (Wildman–Crippen LogP) is 2.84. The first-order valence-electron chi connectivity index (χ1n) is 12.0. The van der Waals surface area contributed by atoms with Crippen LogP contribution in [0.25, 0.3) is 6.08 Å². The summed E-state index contributed by atoms with van der Waals surface area (Å²) in [5.74, 6) is 1.81. The van der Waals surface area contributed by atoms with Gasteiger partial charge in [0.25, 0.3) is 5.56 Å². The lowest BCUT2D eigenvalue weighted by molar-refractivity contribution is -0.139. The molecule has 1 aromatic heterocycles. The summed E-state index contributed by atoms with van der Waals surface area (Å²) in [5, 5.41) is 0. The van der Waals surface area contributed by atoms with Gasteiger partial charge in [0.1, 0.15) is 0 Å². The molecule has 0 amide bonds. The number of benzene rings is 2. The lowest BCUT2D eigenvalue weighted by Gasteiger charge is -2.25. The van der Waals surface area contributed by atoms with Crippen LogP contribution in [0.1, 0.15) is 31.0 Å². The second-order valence-electron chi connectivity index (χ2n) is 8.38. The van der Waals surface area contributed by atoms with Gasteiger partial charge < -0.3 is 28.4 Å². The number of carbonyl (C=O) groups excluding carboxylic acids is 1. The minimum atomic E-state index is -0.790. The molecule has 0 aliphatic carbocycles. The highest BCUT2D eigenvalue weighted by Gasteiger charge is 2.34. The highest BCUT2D eigenvalue weighted by Crippen LogP contribution is 2.39. The number of rotatable bonds is 9. The maximum Gasteiger partial charge on any atom is 0.338 e. The molecule has 10 nitrogen and oxygen atoms in total. The molecular weight excluding hydrogens is 524 g/mol. The molecule has 0 saturated carbocycles. The van der Waals surface area contributed by atoms with Crippen molar-refractivity contribution in [2.75, 3.05) is 42.2 Å². The maximum atomic E-state index is 13.9. The fourth-order valence-corrected chi connectivity index (χ4v) is 5.51. The largest absolute Gasteiger partial charge is 0.493 e. The summed E-state index contributed by atoms with van der Waals surface area (Å²) in [4.78, 5) is 32.1. The fourth-order valence-electron chi connectivity index (χ4n) is 4.47. The molecule has 0 bridgehead atoms. The van der Waals surface area contributed by atoms with Crippen LogP contribution in [0.4, 0.5) is 0 Å². The highest BCUT2D eigenvalue weighted by molar-refractivity contribution is 7.07. The Labute approximate surface area is 229 Å². The molecule has 39 heavy (non-hydrogen) atoms. The summed E-state index contributed by atoms with van der Waals surface area (Å²) in [5.41, 5.74) is 1.73. The third kappa shape index (κ3) is 5.09. The van der Waals surface area contributed by atoms with E-state index in [1.165, 1.54) is 51.5 Å². The normalized spacial score (nSPS) is 14.8. The predicted molar refractivity (Wildman–Crippen MR) is 146 cm³/mol. The van der Waals surface area contributed by atoms with Crippen LogP contribution in [0.5, 0.6) is 28.7 Å². The van der Waals surface area contributed by atoms with E-state index < -0.39 is 12.0 Å². The van der Waals surface area contributed by atoms with Crippen molar-refractivity contribution in [2.45, 2.75) is 19.9 Å². The number of hydrogen-bond donors (Lipinski definition) is 0. The van der Waals surface area contributed by atoms with Gasteiger partial charge in [-0.15, -0.1) is 0 Å². The molecule has 0 fully saturated rings. The molecule has 11 heteroatoms. The van der Waals surface area contributed by atoms with Crippen LogP contribution in [0.2, 0.25) is 0 Å². The van der Waals surface area contributed by atoms with Crippen molar-refractivity contribution in [3.63, 3.8) is 0 Å². The lowest BCUT2D eigenvalue weighted by Crippen LogP contribution is -2.40. The quantitative estimate of drug-likeness (QED) is 0.372. The number of hydrogen-bond acceptors (Lipinski definition) is 10. The molecule has 0 radical (unpaired) electrons. The van der Waals surface area contributed by atoms with Gasteiger partial charge in [-0.1, -0.05) is 17.4 Å². The van der Waals surface area contributed by atoms with Gasteiger partial charge in [0, 0.05) is 0 Å². The minimum absolute atomic E-state index is 0.180. The molecule has 2 heterocycles. The first-order chi connectivity index (χ1) is 18.8. The first kappa shape index (κ1) is 27.8. The van der Waals surface area contributed by atoms with Crippen LogP contribution in [0.15, 0.2) is 51.4 Å². The van der Waals surface area contributed by atoms with E-state index in [9.17, 15) is 9.59 Å². The average molecular weight is 555 g/mol. The van der Waals surface area contributed by atoms with E-state index in [-0.39, 0.29) is 17.7 Å². The third-order valence-electron chi connectivity index (χ3n) is 6.23. The molecule has 206 valence electrons. The Hall–Kier alpha value is -4.25. The van der Waals surface area contributed by atoms with E-state index in [0.717, 1.165) is 0 Å². The van der Waals surface area contributed by atoms with E-state index >= 15 is 0 Å². The molecular formula is C28H30N2O8S. The second-order valence-corrected chi connectivity index (χ2v) is 9.38. The SMILES string of the molecule is CCOC(=O)C1=C(C)N=c2s/c(=C/c3cc(OC)c(OC)c(OC)c3)c(=O)n2[C@H]1c1ccc(OC)c(OC)c1. The van der Waals surface area contributed by atoms with Gasteiger partial charge in [0.05, 0.1) is 64.0 Å². The van der Waals surface area contributed by atoms with Crippen molar-refractivity contribution in [3.05, 3.63) is 72.4 Å². The van der Waals surface area contributed by atoms with E-state index in [4.69, 9.17) is 28.4 Å². The Bertz CT molecular complexity index is 1590. The Kier molecular flexibility index (Phi) is 8.29. The molecule has 1 aliphatic rings. The van der Waals surface area contributed by atoms with Gasteiger partial charge in [-0.05, 0) is 55.3 Å². The Balaban J connectivity index is 1.97. The summed E-state index contributed by atoms with van der Waals surface area (Å²) in [6.45, 7) is 3.64. The Morgan fingerprint density at radius 2 is 1.59 bits per heavy atom. The Morgan fingerprint density at radius 3 is 2.15 bits per heavy atom. The summed E-state index contributed by atoms with van der Waals surface area (Å²) in [6.07, 6.45) is 1.73. The zero-order valence-corrected chi connectivity index (χ0v) is 23.6. The van der Waals surface area contributed by atoms with Crippen molar-refractivity contribution in [3.8, 4) is 28.7 Å². The number of ether oxygens (including phenoxy) is 6. The van der Waals surface area contributed by atoms with Crippen LogP contribution >= 0.6 is 11.3 Å². The van der Waals surface area contributed by atoms with Gasteiger partial charge in [-0.2, -0.15) is 0 Å². The number of thiazole rings is 1. The van der Waals surface area contributed by atoms with Gasteiger partial charge in [0.15, 0.2) is 27.8 Å². The minimum Gasteiger partial charge on any atom is -0.493 e. The van der Waals surface area contributed by atoms with Crippen molar-refractivity contribution in [1.29, 1.82) is 0 Å². The van der Waals surface area contributed by atoms with Crippen molar-refractivity contribution in [2.24, 2.45) is 4.99 Å². The number of fused-ring (bicyclic) bond motifs is 1. The smallest absolute Gasteiger partial charge is 0.338 e. The van der Waals surface area contributed by atoms with Crippen molar-refractivity contribution in [1.82, 2.24) is 4.57 Å². The monoisotopic (exact) mass is 554 g/mol. The summed E-state index contributed by atoms with van der Waals surface area (Å²) in [7, 11) is 7.64.